The van der Waals surface area contributed by atoms with E-state index in [1.54, 1.807) is 6.92 Å². The third-order valence-corrected chi connectivity index (χ3v) is 1.69. The first-order valence-electron chi connectivity index (χ1n) is 4.85. The van der Waals surface area contributed by atoms with Crippen molar-refractivity contribution in [3.05, 3.63) is 0 Å². The van der Waals surface area contributed by atoms with Crippen LogP contribution in [0, 0.1) is 12.3 Å². The molecule has 0 aliphatic carbocycles. The molecule has 0 saturated carbocycles. The summed E-state index contributed by atoms with van der Waals surface area (Å²) >= 11 is 0. The van der Waals surface area contributed by atoms with Crippen LogP contribution in [0.2, 0.25) is 0 Å². The van der Waals surface area contributed by atoms with Crippen molar-refractivity contribution < 1.29 is 14.6 Å². The first-order valence-corrected chi connectivity index (χ1v) is 4.85. The van der Waals surface area contributed by atoms with Crippen molar-refractivity contribution in [3.63, 3.8) is 0 Å². The van der Waals surface area contributed by atoms with E-state index in [9.17, 15) is 4.79 Å². The highest BCUT2D eigenvalue weighted by atomic mass is 16.5. The predicted molar refractivity (Wildman–Crippen MR) is 57.2 cm³/mol. The van der Waals surface area contributed by atoms with Gasteiger partial charge in [-0.05, 0) is 6.92 Å². The number of terminal acetylenes is 1. The molecule has 0 aromatic rings. The van der Waals surface area contributed by atoms with E-state index in [2.05, 4.69) is 16.6 Å². The van der Waals surface area contributed by atoms with Crippen molar-refractivity contribution in [3.8, 4) is 12.3 Å². The van der Waals surface area contributed by atoms with Crippen molar-refractivity contribution in [2.75, 3.05) is 32.9 Å². The molecule has 1 atom stereocenters. The van der Waals surface area contributed by atoms with Gasteiger partial charge in [-0.1, -0.05) is 5.92 Å². The van der Waals surface area contributed by atoms with Crippen LogP contribution >= 0.6 is 0 Å². The van der Waals surface area contributed by atoms with E-state index in [4.69, 9.17) is 16.3 Å². The quantitative estimate of drug-likeness (QED) is 0.348. The minimum atomic E-state index is -0.295. The molecule has 1 unspecified atom stereocenters. The van der Waals surface area contributed by atoms with Gasteiger partial charge in [-0.25, -0.2) is 0 Å². The highest BCUT2D eigenvalue weighted by molar-refractivity contribution is 5.81. The van der Waals surface area contributed by atoms with E-state index in [1.165, 1.54) is 0 Å². The van der Waals surface area contributed by atoms with Gasteiger partial charge in [0.15, 0.2) is 0 Å². The zero-order valence-corrected chi connectivity index (χ0v) is 8.95. The molecule has 0 radical (unpaired) electrons. The Balaban J connectivity index is 3.43. The molecule has 0 bridgehead atoms. The summed E-state index contributed by atoms with van der Waals surface area (Å²) in [6, 6.07) is -0.295. The lowest BCUT2D eigenvalue weighted by atomic mass is 10.3. The number of rotatable bonds is 8. The number of aliphatic hydroxyl groups excluding tert-OH is 1. The molecule has 5 heteroatoms. The molecule has 86 valence electrons. The second-order valence-corrected chi connectivity index (χ2v) is 2.93. The van der Waals surface area contributed by atoms with Crippen LogP contribution in [0.1, 0.15) is 6.92 Å². The standard InChI is InChI=1S/C10H18N2O3/c1-3-4-12-10(14)9(2)11-5-7-15-8-6-13/h1,9,11,13H,4-8H2,2H3,(H,12,14). The van der Waals surface area contributed by atoms with Crippen molar-refractivity contribution >= 4 is 5.91 Å². The van der Waals surface area contributed by atoms with E-state index in [0.717, 1.165) is 0 Å². The number of carbonyl (C=O) groups excluding carboxylic acids is 1. The molecule has 1 amide bonds. The van der Waals surface area contributed by atoms with Crippen molar-refractivity contribution in [1.29, 1.82) is 0 Å². The summed E-state index contributed by atoms with van der Waals surface area (Å²) in [6.07, 6.45) is 5.00. The van der Waals surface area contributed by atoms with E-state index in [-0.39, 0.29) is 25.1 Å². The highest BCUT2D eigenvalue weighted by Crippen LogP contribution is 1.81. The lowest BCUT2D eigenvalue weighted by Gasteiger charge is -2.12. The molecular weight excluding hydrogens is 196 g/mol. The topological polar surface area (TPSA) is 70.6 Å². The Bertz CT molecular complexity index is 213. The third kappa shape index (κ3) is 7.94. The fraction of sp³-hybridized carbons (Fsp3) is 0.700. The minimum absolute atomic E-state index is 0.0121. The van der Waals surface area contributed by atoms with Crippen LogP contribution in [0.4, 0.5) is 0 Å². The Hall–Kier alpha value is -1.09. The predicted octanol–water partition coefficient (Wildman–Crippen LogP) is -1.28. The van der Waals surface area contributed by atoms with Gasteiger partial charge in [0.1, 0.15) is 0 Å². The van der Waals surface area contributed by atoms with Gasteiger partial charge in [-0.3, -0.25) is 4.79 Å². The average Bonchev–Trinajstić information content (AvgIpc) is 2.25. The summed E-state index contributed by atoms with van der Waals surface area (Å²) in [5.41, 5.74) is 0. The van der Waals surface area contributed by atoms with Crippen LogP contribution < -0.4 is 10.6 Å². The Morgan fingerprint density at radius 1 is 1.60 bits per heavy atom. The fourth-order valence-electron chi connectivity index (χ4n) is 0.898. The Morgan fingerprint density at radius 3 is 2.93 bits per heavy atom. The van der Waals surface area contributed by atoms with Crippen LogP contribution in [-0.4, -0.2) is 50.0 Å². The second-order valence-electron chi connectivity index (χ2n) is 2.93. The molecule has 0 aliphatic heterocycles. The molecule has 15 heavy (non-hydrogen) atoms. The molecule has 0 aromatic carbocycles. The fourth-order valence-corrected chi connectivity index (χ4v) is 0.898. The number of aliphatic hydroxyl groups is 1. The number of amides is 1. The molecule has 0 aromatic heterocycles. The molecular formula is C10H18N2O3. The van der Waals surface area contributed by atoms with E-state index >= 15 is 0 Å². The van der Waals surface area contributed by atoms with Gasteiger partial charge >= 0.3 is 0 Å². The molecule has 0 spiro atoms. The average molecular weight is 214 g/mol. The van der Waals surface area contributed by atoms with Gasteiger partial charge in [0, 0.05) is 6.54 Å². The van der Waals surface area contributed by atoms with Crippen LogP contribution in [0.3, 0.4) is 0 Å². The first-order chi connectivity index (χ1) is 7.22. The summed E-state index contributed by atoms with van der Waals surface area (Å²) in [5, 5.41) is 14.0. The maximum absolute atomic E-state index is 11.3. The largest absolute Gasteiger partial charge is 0.394 e. The number of ether oxygens (including phenoxy) is 1. The molecule has 3 N–H and O–H groups in total. The number of carbonyl (C=O) groups is 1. The highest BCUT2D eigenvalue weighted by Gasteiger charge is 2.09. The van der Waals surface area contributed by atoms with Crippen LogP contribution in [-0.2, 0) is 9.53 Å². The normalized spacial score (nSPS) is 11.8. The Labute approximate surface area is 90.2 Å². The Kier molecular flexibility index (Phi) is 8.78. The van der Waals surface area contributed by atoms with Gasteiger partial charge in [-0.2, -0.15) is 0 Å². The summed E-state index contributed by atoms with van der Waals surface area (Å²) in [7, 11) is 0. The van der Waals surface area contributed by atoms with Crippen LogP contribution in [0.15, 0.2) is 0 Å². The van der Waals surface area contributed by atoms with E-state index in [1.807, 2.05) is 0 Å². The van der Waals surface area contributed by atoms with E-state index < -0.39 is 0 Å². The zero-order chi connectivity index (χ0) is 11.5. The van der Waals surface area contributed by atoms with Gasteiger partial charge in [-0.15, -0.1) is 6.42 Å². The first kappa shape index (κ1) is 13.9. The third-order valence-electron chi connectivity index (χ3n) is 1.69. The number of nitrogens with one attached hydrogen (secondary N) is 2. The maximum atomic E-state index is 11.3. The minimum Gasteiger partial charge on any atom is -0.394 e. The second kappa shape index (κ2) is 9.46. The summed E-state index contributed by atoms with van der Waals surface area (Å²) in [4.78, 5) is 11.3. The van der Waals surface area contributed by atoms with Gasteiger partial charge in [0.2, 0.25) is 5.91 Å². The van der Waals surface area contributed by atoms with Gasteiger partial charge < -0.3 is 20.5 Å². The summed E-state index contributed by atoms with van der Waals surface area (Å²) in [5.74, 6) is 2.20. The smallest absolute Gasteiger partial charge is 0.237 e. The van der Waals surface area contributed by atoms with E-state index in [0.29, 0.717) is 19.8 Å². The molecule has 5 nitrogen and oxygen atoms in total. The van der Waals surface area contributed by atoms with Crippen LogP contribution in [0.25, 0.3) is 0 Å². The monoisotopic (exact) mass is 214 g/mol. The van der Waals surface area contributed by atoms with Gasteiger partial charge in [0.05, 0.1) is 32.4 Å². The van der Waals surface area contributed by atoms with Gasteiger partial charge in [0.25, 0.3) is 0 Å². The molecule has 0 aliphatic rings. The van der Waals surface area contributed by atoms with Crippen molar-refractivity contribution in [2.45, 2.75) is 13.0 Å². The number of hydrogen-bond donors (Lipinski definition) is 3. The van der Waals surface area contributed by atoms with Crippen molar-refractivity contribution in [2.24, 2.45) is 0 Å². The van der Waals surface area contributed by atoms with Crippen LogP contribution in [0.5, 0.6) is 0 Å². The number of hydrogen-bond acceptors (Lipinski definition) is 4. The molecule has 0 fully saturated rings. The summed E-state index contributed by atoms with van der Waals surface area (Å²) in [6.45, 7) is 3.35. The molecule has 0 heterocycles. The SMILES string of the molecule is C#CCNC(=O)C(C)NCCOCCO. The summed E-state index contributed by atoms with van der Waals surface area (Å²) < 4.78 is 5.02. The Morgan fingerprint density at radius 2 is 2.33 bits per heavy atom. The molecule has 0 saturated heterocycles. The zero-order valence-electron chi connectivity index (χ0n) is 8.95. The lowest BCUT2D eigenvalue weighted by Crippen LogP contribution is -2.43. The maximum Gasteiger partial charge on any atom is 0.237 e. The molecule has 0 rings (SSSR count). The lowest BCUT2D eigenvalue weighted by molar-refractivity contribution is -0.122. The van der Waals surface area contributed by atoms with Crippen molar-refractivity contribution in [1.82, 2.24) is 10.6 Å².